The zero-order chi connectivity index (χ0) is 42.1. The summed E-state index contributed by atoms with van der Waals surface area (Å²) in [5.74, 6) is -0.384. The number of aromatic nitrogens is 2. The Morgan fingerprint density at radius 3 is 2.25 bits per heavy atom. The number of oxazole rings is 2. The fourth-order valence-corrected chi connectivity index (χ4v) is 10.3. The molecule has 0 radical (unpaired) electrons. The molecule has 16 heteroatoms. The lowest BCUT2D eigenvalue weighted by molar-refractivity contribution is -0.142. The van der Waals surface area contributed by atoms with Gasteiger partial charge in [0.05, 0.1) is 11.8 Å². The van der Waals surface area contributed by atoms with E-state index in [1.807, 2.05) is 62.4 Å². The monoisotopic (exact) mass is 836 g/mol. The summed E-state index contributed by atoms with van der Waals surface area (Å²) in [5.41, 5.74) is 8.35. The molecular weight excluding hydrogens is 795 g/mol. The van der Waals surface area contributed by atoms with Crippen LogP contribution < -0.4 is 4.74 Å². The lowest BCUT2D eigenvalue weighted by Crippen LogP contribution is -2.57. The zero-order valence-corrected chi connectivity index (χ0v) is 34.1. The van der Waals surface area contributed by atoms with Crippen LogP contribution in [0.4, 0.5) is 8.78 Å². The van der Waals surface area contributed by atoms with E-state index in [-0.39, 0.29) is 29.2 Å². The van der Waals surface area contributed by atoms with Crippen molar-refractivity contribution in [2.75, 3.05) is 39.0 Å². The Balaban J connectivity index is 0.990. The largest absolute Gasteiger partial charge is 0.480 e. The molecule has 9 rings (SSSR count). The van der Waals surface area contributed by atoms with Crippen LogP contribution in [0.1, 0.15) is 47.1 Å². The van der Waals surface area contributed by atoms with Crippen LogP contribution >= 0.6 is 0 Å². The van der Waals surface area contributed by atoms with Gasteiger partial charge in [-0.05, 0) is 97.8 Å². The molecule has 1 spiro atoms. The number of alkyl halides is 2. The summed E-state index contributed by atoms with van der Waals surface area (Å²) in [6, 6.07) is 20.0. The molecule has 1 atom stereocenters. The molecule has 0 saturated carbocycles. The van der Waals surface area contributed by atoms with Gasteiger partial charge in [-0.3, -0.25) is 14.6 Å². The number of carboxylic acids is 1. The number of benzene rings is 4. The first-order valence-corrected chi connectivity index (χ1v) is 21.6. The molecule has 60 heavy (non-hydrogen) atoms. The van der Waals surface area contributed by atoms with Crippen molar-refractivity contribution in [1.82, 2.24) is 24.1 Å². The van der Waals surface area contributed by atoms with E-state index in [4.69, 9.17) is 23.5 Å². The van der Waals surface area contributed by atoms with Gasteiger partial charge >= 0.3 is 12.6 Å². The smallest absolute Gasteiger partial charge is 0.387 e. The molecule has 5 heterocycles. The molecule has 13 nitrogen and oxygen atoms in total. The minimum absolute atomic E-state index is 0.0272. The van der Waals surface area contributed by atoms with E-state index in [1.54, 1.807) is 15.3 Å². The lowest BCUT2D eigenvalue weighted by atomic mass is 9.79. The van der Waals surface area contributed by atoms with Crippen molar-refractivity contribution in [3.05, 3.63) is 88.5 Å². The number of nitrogens with zero attached hydrogens (tertiary/aromatic N) is 6. The van der Waals surface area contributed by atoms with Crippen molar-refractivity contribution in [3.8, 4) is 45.9 Å². The topological polar surface area (TPSA) is 166 Å². The van der Waals surface area contributed by atoms with Crippen LogP contribution in [0.15, 0.2) is 69.5 Å². The molecule has 3 aliphatic heterocycles. The number of aliphatic carboxylic acids is 1. The second-order valence-electron chi connectivity index (χ2n) is 16.4. The molecule has 310 valence electrons. The Morgan fingerprint density at radius 1 is 0.950 bits per heavy atom. The highest BCUT2D eigenvalue weighted by atomic mass is 32.2. The van der Waals surface area contributed by atoms with Crippen LogP contribution in [0.25, 0.3) is 56.2 Å². The van der Waals surface area contributed by atoms with Gasteiger partial charge in [-0.25, -0.2) is 22.7 Å². The second-order valence-corrected chi connectivity index (χ2v) is 18.3. The number of hydrogen-bond donors (Lipinski definition) is 1. The predicted octanol–water partition coefficient (Wildman–Crippen LogP) is 7.58. The SMILES string of the molecule is Cc1c(-c2nc3cc(CN4CCC[C@H]4C(=O)O)c(OC(F)F)cc3o2)cccc1-c1cccc(-c2nc3cc(CN4CC5(CCN(S(C)(=O)=O)C5)C4)cc(C#N)c3o2)c1C. The van der Waals surface area contributed by atoms with Gasteiger partial charge in [-0.15, -0.1) is 0 Å². The number of fused-ring (bicyclic) bond motifs is 2. The van der Waals surface area contributed by atoms with E-state index < -0.39 is 28.6 Å². The van der Waals surface area contributed by atoms with E-state index in [2.05, 4.69) is 11.0 Å². The van der Waals surface area contributed by atoms with Gasteiger partial charge in [0.25, 0.3) is 0 Å². The van der Waals surface area contributed by atoms with Gasteiger partial charge in [-0.2, -0.15) is 14.0 Å². The van der Waals surface area contributed by atoms with Crippen LogP contribution in [0.2, 0.25) is 0 Å². The van der Waals surface area contributed by atoms with E-state index in [0.29, 0.717) is 78.2 Å². The average molecular weight is 837 g/mol. The summed E-state index contributed by atoms with van der Waals surface area (Å²) in [6.45, 7) is 4.75. The lowest BCUT2D eigenvalue weighted by Gasteiger charge is -2.48. The average Bonchev–Trinajstić information content (AvgIpc) is 4.00. The zero-order valence-electron chi connectivity index (χ0n) is 33.2. The van der Waals surface area contributed by atoms with Crippen molar-refractivity contribution in [2.45, 2.75) is 58.9 Å². The Kier molecular flexibility index (Phi) is 9.98. The highest BCUT2D eigenvalue weighted by Crippen LogP contribution is 2.42. The fraction of sp³-hybridized carbons (Fsp3) is 0.364. The first-order valence-electron chi connectivity index (χ1n) is 19.8. The Labute approximate surface area is 344 Å². The number of carboxylic acid groups (broad SMARTS) is 1. The van der Waals surface area contributed by atoms with Crippen LogP contribution in [0.5, 0.6) is 5.75 Å². The summed E-state index contributed by atoms with van der Waals surface area (Å²) >= 11 is 0. The Hall–Kier alpha value is -5.73. The summed E-state index contributed by atoms with van der Waals surface area (Å²) in [5, 5.41) is 19.8. The van der Waals surface area contributed by atoms with Crippen LogP contribution in [-0.2, 0) is 27.9 Å². The van der Waals surface area contributed by atoms with Gasteiger partial charge in [0.15, 0.2) is 11.2 Å². The highest BCUT2D eigenvalue weighted by Gasteiger charge is 2.49. The van der Waals surface area contributed by atoms with Gasteiger partial charge < -0.3 is 18.7 Å². The minimum atomic E-state index is -3.21. The summed E-state index contributed by atoms with van der Waals surface area (Å²) in [7, 11) is -3.21. The van der Waals surface area contributed by atoms with Crippen molar-refractivity contribution in [3.63, 3.8) is 0 Å². The molecule has 0 amide bonds. The molecule has 0 aliphatic carbocycles. The summed E-state index contributed by atoms with van der Waals surface area (Å²) < 4.78 is 70.2. The number of sulfonamides is 1. The summed E-state index contributed by atoms with van der Waals surface area (Å²) in [4.78, 5) is 25.5. The van der Waals surface area contributed by atoms with Gasteiger partial charge in [0.2, 0.25) is 21.8 Å². The van der Waals surface area contributed by atoms with Gasteiger partial charge in [0.1, 0.15) is 28.9 Å². The van der Waals surface area contributed by atoms with Gasteiger partial charge in [0, 0.05) is 67.4 Å². The molecule has 1 N–H and O–H groups in total. The number of hydrogen-bond acceptors (Lipinski definition) is 11. The van der Waals surface area contributed by atoms with Crippen LogP contribution in [0.3, 0.4) is 0 Å². The van der Waals surface area contributed by atoms with E-state index in [1.165, 1.54) is 12.3 Å². The maximum Gasteiger partial charge on any atom is 0.387 e. The molecule has 4 aromatic carbocycles. The first kappa shape index (κ1) is 39.7. The normalized spacial score (nSPS) is 18.5. The van der Waals surface area contributed by atoms with Gasteiger partial charge in [-0.1, -0.05) is 24.3 Å². The Morgan fingerprint density at radius 2 is 1.62 bits per heavy atom. The molecule has 3 fully saturated rings. The van der Waals surface area contributed by atoms with Crippen molar-refractivity contribution in [2.24, 2.45) is 5.41 Å². The number of likely N-dealkylation sites (tertiary alicyclic amines) is 2. The number of nitriles is 1. The van der Waals surface area contributed by atoms with E-state index in [9.17, 15) is 32.4 Å². The fourth-order valence-electron chi connectivity index (χ4n) is 9.36. The molecule has 2 aromatic heterocycles. The maximum absolute atomic E-state index is 13.5. The van der Waals surface area contributed by atoms with Crippen LogP contribution in [0, 0.1) is 30.6 Å². The first-order chi connectivity index (χ1) is 28.7. The quantitative estimate of drug-likeness (QED) is 0.136. The molecule has 0 bridgehead atoms. The number of ether oxygens (including phenoxy) is 1. The molecular formula is C44H42F2N6O7S. The standard InChI is InChI=1S/C44H42F2N6O7S/c1-25-30(7-4-9-32(25)40-48-34-17-29(21-51-13-6-11-36(51)42(53)54)37(58-43(45)46)18-38(34)57-40)31-8-5-10-33(26(31)2)41-49-35-16-27(15-28(19-47)39(35)59-41)20-50-22-44(23-50)12-14-52(24-44)60(3,55)56/h4-5,7-10,15-18,36,43H,6,11-14,20-24H2,1-3H3,(H,53,54)/t36-/m0/s1. The molecule has 3 aliphatic rings. The van der Waals surface area contributed by atoms with E-state index >= 15 is 0 Å². The maximum atomic E-state index is 13.5. The van der Waals surface area contributed by atoms with E-state index in [0.717, 1.165) is 52.9 Å². The van der Waals surface area contributed by atoms with Crippen molar-refractivity contribution < 1.29 is 40.7 Å². The summed E-state index contributed by atoms with van der Waals surface area (Å²) in [6.07, 6.45) is 3.26. The number of carbonyl (C=O) groups is 1. The molecule has 3 saturated heterocycles. The number of rotatable bonds is 11. The molecule has 0 unspecified atom stereocenters. The number of halogens is 2. The highest BCUT2D eigenvalue weighted by molar-refractivity contribution is 7.88. The third kappa shape index (κ3) is 7.29. The molecule has 6 aromatic rings. The van der Waals surface area contributed by atoms with Crippen LogP contribution in [-0.4, -0.2) is 95.2 Å². The third-order valence-electron chi connectivity index (χ3n) is 12.3. The van der Waals surface area contributed by atoms with Crippen molar-refractivity contribution in [1.29, 1.82) is 5.26 Å². The minimum Gasteiger partial charge on any atom is -0.480 e. The van der Waals surface area contributed by atoms with Crippen molar-refractivity contribution >= 4 is 38.2 Å². The predicted molar refractivity (Wildman–Crippen MR) is 219 cm³/mol. The Bertz CT molecular complexity index is 2850. The second kappa shape index (κ2) is 15.1. The third-order valence-corrected chi connectivity index (χ3v) is 13.5.